The van der Waals surface area contributed by atoms with Gasteiger partial charge in [0, 0.05) is 17.6 Å². The van der Waals surface area contributed by atoms with E-state index in [0.29, 0.717) is 11.8 Å². The van der Waals surface area contributed by atoms with Crippen molar-refractivity contribution in [2.45, 2.75) is 6.18 Å². The molecule has 4 nitrogen and oxygen atoms in total. The molecule has 0 fully saturated rings. The summed E-state index contributed by atoms with van der Waals surface area (Å²) in [6.07, 6.45) is -3.48. The normalized spacial score (nSPS) is 11.6. The van der Waals surface area contributed by atoms with E-state index in [4.69, 9.17) is 16.9 Å². The first-order chi connectivity index (χ1) is 11.8. The highest BCUT2D eigenvalue weighted by molar-refractivity contribution is 6.31. The molecule has 2 rings (SSSR count). The fourth-order valence-electron chi connectivity index (χ4n) is 1.86. The first-order valence-corrected chi connectivity index (χ1v) is 7.29. The maximum Gasteiger partial charge on any atom is 0.417 e. The molecule has 2 aromatic carbocycles. The van der Waals surface area contributed by atoms with Crippen LogP contribution in [0.1, 0.15) is 5.56 Å². The maximum atomic E-state index is 12.8. The molecule has 0 aromatic heterocycles. The molecule has 2 N–H and O–H groups in total. The van der Waals surface area contributed by atoms with Crippen LogP contribution in [-0.4, -0.2) is 5.91 Å². The first-order valence-electron chi connectivity index (χ1n) is 6.91. The number of rotatable bonds is 4. The summed E-state index contributed by atoms with van der Waals surface area (Å²) in [7, 11) is 0. The zero-order valence-electron chi connectivity index (χ0n) is 12.6. The van der Waals surface area contributed by atoms with Gasteiger partial charge < -0.3 is 10.6 Å². The van der Waals surface area contributed by atoms with Crippen LogP contribution in [0, 0.1) is 11.3 Å². The summed E-state index contributed by atoms with van der Waals surface area (Å²) in [5.41, 5.74) is -0.847. The summed E-state index contributed by atoms with van der Waals surface area (Å²) < 4.78 is 38.5. The topological polar surface area (TPSA) is 64.9 Å². The van der Waals surface area contributed by atoms with Crippen molar-refractivity contribution in [3.63, 3.8) is 0 Å². The van der Waals surface area contributed by atoms with Gasteiger partial charge in [-0.05, 0) is 30.3 Å². The lowest BCUT2D eigenvalue weighted by atomic mass is 10.2. The number of para-hydroxylation sites is 1. The van der Waals surface area contributed by atoms with Crippen LogP contribution < -0.4 is 10.6 Å². The fraction of sp³-hybridized carbons (Fsp3) is 0.0588. The van der Waals surface area contributed by atoms with Gasteiger partial charge in [-0.2, -0.15) is 18.4 Å². The summed E-state index contributed by atoms with van der Waals surface area (Å²) in [4.78, 5) is 12.1. The lowest BCUT2D eigenvalue weighted by Crippen LogP contribution is -2.15. The zero-order valence-corrected chi connectivity index (χ0v) is 13.3. The molecule has 0 aliphatic carbocycles. The van der Waals surface area contributed by atoms with Crippen molar-refractivity contribution in [3.05, 3.63) is 70.9 Å². The fourth-order valence-corrected chi connectivity index (χ4v) is 2.08. The third kappa shape index (κ3) is 4.99. The van der Waals surface area contributed by atoms with Crippen LogP contribution in [-0.2, 0) is 11.0 Å². The van der Waals surface area contributed by atoms with Gasteiger partial charge in [-0.3, -0.25) is 4.79 Å². The lowest BCUT2D eigenvalue weighted by Gasteiger charge is -2.11. The molecule has 1 amide bonds. The summed E-state index contributed by atoms with van der Waals surface area (Å²) in [6.45, 7) is 0. The summed E-state index contributed by atoms with van der Waals surface area (Å²) in [5.74, 6) is -0.846. The van der Waals surface area contributed by atoms with E-state index < -0.39 is 22.7 Å². The highest BCUT2D eigenvalue weighted by Gasteiger charge is 2.33. The van der Waals surface area contributed by atoms with E-state index in [1.54, 1.807) is 36.4 Å². The number of carbonyl (C=O) groups is 1. The Morgan fingerprint density at radius 3 is 2.40 bits per heavy atom. The molecule has 8 heteroatoms. The van der Waals surface area contributed by atoms with Gasteiger partial charge in [0.05, 0.1) is 10.6 Å². The number of hydrogen-bond acceptors (Lipinski definition) is 3. The van der Waals surface area contributed by atoms with E-state index >= 15 is 0 Å². The van der Waals surface area contributed by atoms with Crippen molar-refractivity contribution in [3.8, 4) is 6.07 Å². The largest absolute Gasteiger partial charge is 0.417 e. The molecule has 0 atom stereocenters. The molecule has 0 aliphatic heterocycles. The average molecular weight is 366 g/mol. The monoisotopic (exact) mass is 365 g/mol. The van der Waals surface area contributed by atoms with Crippen LogP contribution in [0.2, 0.25) is 5.02 Å². The minimum absolute atomic E-state index is 0.123. The predicted octanol–water partition coefficient (Wildman–Crippen LogP) is 4.82. The van der Waals surface area contributed by atoms with Gasteiger partial charge >= 0.3 is 6.18 Å². The molecule has 0 aliphatic rings. The van der Waals surface area contributed by atoms with Crippen molar-refractivity contribution in [2.75, 3.05) is 10.6 Å². The number of nitriles is 1. The molecule has 0 spiro atoms. The van der Waals surface area contributed by atoms with Crippen molar-refractivity contribution in [1.29, 1.82) is 5.26 Å². The lowest BCUT2D eigenvalue weighted by molar-refractivity contribution is -0.137. The number of nitrogens with one attached hydrogen (secondary N) is 2. The number of benzene rings is 2. The second-order valence-electron chi connectivity index (χ2n) is 4.83. The molecule has 0 heterocycles. The van der Waals surface area contributed by atoms with Crippen molar-refractivity contribution in [2.24, 2.45) is 0 Å². The van der Waals surface area contributed by atoms with E-state index in [1.165, 1.54) is 12.3 Å². The summed E-state index contributed by atoms with van der Waals surface area (Å²) in [6, 6.07) is 13.4. The van der Waals surface area contributed by atoms with Gasteiger partial charge in [-0.25, -0.2) is 0 Å². The standard InChI is InChI=1S/C17H11ClF3N3O/c18-15-7-6-13(8-14(15)17(19,20)21)24-16(25)11(9-22)10-23-12-4-2-1-3-5-12/h1-8,10,23H,(H,24,25)/b11-10-. The molecule has 0 radical (unpaired) electrons. The Morgan fingerprint density at radius 1 is 1.12 bits per heavy atom. The van der Waals surface area contributed by atoms with Gasteiger partial charge in [-0.15, -0.1) is 0 Å². The van der Waals surface area contributed by atoms with Gasteiger partial charge in [0.1, 0.15) is 11.6 Å². The average Bonchev–Trinajstić information content (AvgIpc) is 2.57. The second-order valence-corrected chi connectivity index (χ2v) is 5.23. The number of halogens is 4. The van der Waals surface area contributed by atoms with Gasteiger partial charge in [0.15, 0.2) is 0 Å². The van der Waals surface area contributed by atoms with E-state index in [0.717, 1.165) is 6.07 Å². The number of hydrogen-bond donors (Lipinski definition) is 2. The molecule has 0 saturated carbocycles. The Morgan fingerprint density at radius 2 is 1.80 bits per heavy atom. The van der Waals surface area contributed by atoms with E-state index in [2.05, 4.69) is 10.6 Å². The Balaban J connectivity index is 2.16. The Hall–Kier alpha value is -2.98. The summed E-state index contributed by atoms with van der Waals surface area (Å²) in [5, 5.41) is 13.6. The van der Waals surface area contributed by atoms with E-state index in [1.807, 2.05) is 0 Å². The third-order valence-electron chi connectivity index (χ3n) is 3.05. The van der Waals surface area contributed by atoms with Crippen LogP contribution >= 0.6 is 11.6 Å². The highest BCUT2D eigenvalue weighted by Crippen LogP contribution is 2.36. The van der Waals surface area contributed by atoms with Gasteiger partial charge in [0.25, 0.3) is 5.91 Å². The van der Waals surface area contributed by atoms with Crippen LogP contribution in [0.15, 0.2) is 60.3 Å². The van der Waals surface area contributed by atoms with Crippen LogP contribution in [0.5, 0.6) is 0 Å². The number of nitrogens with zero attached hydrogens (tertiary/aromatic N) is 1. The van der Waals surface area contributed by atoms with Crippen molar-refractivity contribution in [1.82, 2.24) is 0 Å². The second kappa shape index (κ2) is 7.73. The molecule has 128 valence electrons. The molecular formula is C17H11ClF3N3O. The van der Waals surface area contributed by atoms with Crippen LogP contribution in [0.3, 0.4) is 0 Å². The number of anilines is 2. The SMILES string of the molecule is N#C/C(=C/Nc1ccccc1)C(=O)Nc1ccc(Cl)c(C(F)(F)F)c1. The van der Waals surface area contributed by atoms with Gasteiger partial charge in [0.2, 0.25) is 0 Å². The minimum Gasteiger partial charge on any atom is -0.360 e. The predicted molar refractivity (Wildman–Crippen MR) is 88.8 cm³/mol. The molecule has 2 aromatic rings. The number of alkyl halides is 3. The van der Waals surface area contributed by atoms with E-state index in [-0.39, 0.29) is 11.3 Å². The molecule has 0 saturated heterocycles. The molecule has 0 bridgehead atoms. The molecule has 0 unspecified atom stereocenters. The summed E-state index contributed by atoms with van der Waals surface area (Å²) >= 11 is 5.52. The quantitative estimate of drug-likeness (QED) is 0.603. The van der Waals surface area contributed by atoms with E-state index in [9.17, 15) is 18.0 Å². The Kier molecular flexibility index (Phi) is 5.67. The minimum atomic E-state index is -4.65. The van der Waals surface area contributed by atoms with Crippen molar-refractivity contribution >= 4 is 28.9 Å². The number of amides is 1. The maximum absolute atomic E-state index is 12.8. The Labute approximate surface area is 146 Å². The first kappa shape index (κ1) is 18.4. The number of carbonyl (C=O) groups excluding carboxylic acids is 1. The smallest absolute Gasteiger partial charge is 0.360 e. The Bertz CT molecular complexity index is 842. The van der Waals surface area contributed by atoms with Crippen LogP contribution in [0.4, 0.5) is 24.5 Å². The van der Waals surface area contributed by atoms with Gasteiger partial charge in [-0.1, -0.05) is 29.8 Å². The highest BCUT2D eigenvalue weighted by atomic mass is 35.5. The van der Waals surface area contributed by atoms with Crippen LogP contribution in [0.25, 0.3) is 0 Å². The third-order valence-corrected chi connectivity index (χ3v) is 3.38. The molecule has 25 heavy (non-hydrogen) atoms. The van der Waals surface area contributed by atoms with Crippen molar-refractivity contribution < 1.29 is 18.0 Å². The molecular weight excluding hydrogens is 355 g/mol. The zero-order chi connectivity index (χ0) is 18.4.